The van der Waals surface area contributed by atoms with Crippen LogP contribution in [0, 0.1) is 5.92 Å². The zero-order valence-electron chi connectivity index (χ0n) is 25.0. The van der Waals surface area contributed by atoms with E-state index in [0.717, 1.165) is 12.8 Å². The number of carbonyl (C=O) groups is 7. The second-order valence-corrected chi connectivity index (χ2v) is 10.9. The van der Waals surface area contributed by atoms with E-state index in [1.807, 2.05) is 13.8 Å². The summed E-state index contributed by atoms with van der Waals surface area (Å²) in [4.78, 5) is 88.9. The molecule has 15 nitrogen and oxygen atoms in total. The number of hydrogen-bond acceptors (Lipinski definition) is 7. The summed E-state index contributed by atoms with van der Waals surface area (Å²) in [5, 5.41) is 30.9. The molecule has 0 aliphatic carbocycles. The molecule has 42 heavy (non-hydrogen) atoms. The molecule has 0 aromatic carbocycles. The van der Waals surface area contributed by atoms with Gasteiger partial charge < -0.3 is 41.7 Å². The number of carboxylic acid groups (broad SMARTS) is 2. The smallest absolute Gasteiger partial charge is 0.326 e. The van der Waals surface area contributed by atoms with Gasteiger partial charge in [0.2, 0.25) is 23.6 Å². The van der Waals surface area contributed by atoms with Gasteiger partial charge in [-0.05, 0) is 44.9 Å². The van der Waals surface area contributed by atoms with Crippen molar-refractivity contribution in [3.63, 3.8) is 0 Å². The lowest BCUT2D eigenvalue weighted by atomic mass is 10.0. The average Bonchev–Trinajstić information content (AvgIpc) is 3.45. The molecule has 1 fully saturated rings. The van der Waals surface area contributed by atoms with Gasteiger partial charge in [0.15, 0.2) is 0 Å². The molecule has 7 N–H and O–H groups in total. The Labute approximate surface area is 245 Å². The topological polar surface area (TPSA) is 223 Å². The lowest BCUT2D eigenvalue weighted by Crippen LogP contribution is -2.59. The molecule has 6 amide bonds. The van der Waals surface area contributed by atoms with Gasteiger partial charge in [0.25, 0.3) is 0 Å². The van der Waals surface area contributed by atoms with Gasteiger partial charge in [-0.1, -0.05) is 27.7 Å². The zero-order valence-corrected chi connectivity index (χ0v) is 25.0. The number of rotatable bonds is 17. The van der Waals surface area contributed by atoms with Crippen LogP contribution in [0.25, 0.3) is 0 Å². The molecule has 1 aliphatic rings. The van der Waals surface area contributed by atoms with Crippen molar-refractivity contribution in [1.82, 2.24) is 31.5 Å². The molecule has 0 radical (unpaired) electrons. The molecule has 0 aromatic heterocycles. The predicted molar refractivity (Wildman–Crippen MR) is 151 cm³/mol. The maximum Gasteiger partial charge on any atom is 0.326 e. The average molecular weight is 599 g/mol. The van der Waals surface area contributed by atoms with Gasteiger partial charge in [-0.2, -0.15) is 0 Å². The fourth-order valence-corrected chi connectivity index (χ4v) is 4.38. The Bertz CT molecular complexity index is 979. The van der Waals surface area contributed by atoms with Crippen molar-refractivity contribution in [2.24, 2.45) is 5.92 Å². The van der Waals surface area contributed by atoms with Gasteiger partial charge in [0.05, 0.1) is 12.8 Å². The first kappa shape index (κ1) is 36.1. The lowest BCUT2D eigenvalue weighted by molar-refractivity contribution is -0.144. The lowest BCUT2D eigenvalue weighted by Gasteiger charge is -2.26. The van der Waals surface area contributed by atoms with Gasteiger partial charge >= 0.3 is 18.0 Å². The van der Waals surface area contributed by atoms with Crippen LogP contribution < -0.4 is 26.6 Å². The Morgan fingerprint density at radius 1 is 0.690 bits per heavy atom. The maximum atomic E-state index is 13.3. The molecule has 0 spiro atoms. The SMILES string of the molecule is CCC(CC)NC(=O)N[C@@H](C)C(=O)N[C@@H](CC(=O)N1CCCC1)C(=O)N[C@@H](CC(=O)O)C(=O)N[C@@H](CC(C)C)C(=O)O. The molecule has 15 heteroatoms. The van der Waals surface area contributed by atoms with Crippen molar-refractivity contribution in [3.05, 3.63) is 0 Å². The van der Waals surface area contributed by atoms with E-state index in [2.05, 4.69) is 26.6 Å². The maximum absolute atomic E-state index is 13.3. The summed E-state index contributed by atoms with van der Waals surface area (Å²) in [6, 6.07) is -6.32. The summed E-state index contributed by atoms with van der Waals surface area (Å²) in [7, 11) is 0. The molecule has 0 aromatic rings. The van der Waals surface area contributed by atoms with Crippen molar-refractivity contribution in [2.75, 3.05) is 13.1 Å². The van der Waals surface area contributed by atoms with Crippen LogP contribution in [-0.4, -0.2) is 100 Å². The number of carboxylic acids is 2. The molecule has 4 atom stereocenters. The number of carbonyl (C=O) groups excluding carboxylic acids is 5. The Kier molecular flexibility index (Phi) is 15.3. The quantitative estimate of drug-likeness (QED) is 0.119. The van der Waals surface area contributed by atoms with Gasteiger partial charge in [0.1, 0.15) is 24.2 Å². The number of aliphatic carboxylic acids is 2. The summed E-state index contributed by atoms with van der Waals surface area (Å²) in [5.74, 6) is -6.14. The molecule has 1 heterocycles. The number of likely N-dealkylation sites (tertiary alicyclic amines) is 1. The van der Waals surface area contributed by atoms with Gasteiger partial charge in [0, 0.05) is 19.1 Å². The van der Waals surface area contributed by atoms with E-state index in [-0.39, 0.29) is 18.4 Å². The number of hydrogen-bond donors (Lipinski definition) is 7. The Morgan fingerprint density at radius 3 is 1.67 bits per heavy atom. The van der Waals surface area contributed by atoms with Crippen LogP contribution in [0.4, 0.5) is 4.79 Å². The number of nitrogens with one attached hydrogen (secondary N) is 5. The summed E-state index contributed by atoms with van der Waals surface area (Å²) >= 11 is 0. The van der Waals surface area contributed by atoms with E-state index < -0.39 is 78.6 Å². The molecular formula is C27H46N6O9. The zero-order chi connectivity index (χ0) is 32.0. The van der Waals surface area contributed by atoms with E-state index in [0.29, 0.717) is 25.9 Å². The highest BCUT2D eigenvalue weighted by atomic mass is 16.4. The molecule has 1 aliphatic heterocycles. The van der Waals surface area contributed by atoms with Crippen LogP contribution in [0.3, 0.4) is 0 Å². The standard InChI is InChI=1S/C27H46N6O9/c1-6-17(7-2)29-27(42)28-16(5)23(37)30-18(13-21(34)33-10-8-9-11-33)24(38)31-19(14-22(35)36)25(39)32-20(26(40)41)12-15(3)4/h15-20H,6-14H2,1-5H3,(H,30,37)(H,31,38)(H,32,39)(H,35,36)(H,40,41)(H2,28,29,42)/t16-,18-,19-,20-/m0/s1. The van der Waals surface area contributed by atoms with Crippen molar-refractivity contribution in [3.8, 4) is 0 Å². The van der Waals surface area contributed by atoms with Crippen molar-refractivity contribution in [1.29, 1.82) is 0 Å². The summed E-state index contributed by atoms with van der Waals surface area (Å²) in [5.41, 5.74) is 0. The summed E-state index contributed by atoms with van der Waals surface area (Å²) < 4.78 is 0. The molecular weight excluding hydrogens is 552 g/mol. The predicted octanol–water partition coefficient (Wildman–Crippen LogP) is -0.0650. The molecule has 1 saturated heterocycles. The fourth-order valence-electron chi connectivity index (χ4n) is 4.38. The first-order chi connectivity index (χ1) is 19.7. The molecule has 0 bridgehead atoms. The molecule has 1 rings (SSSR count). The number of urea groups is 1. The fraction of sp³-hybridized carbons (Fsp3) is 0.741. The Morgan fingerprint density at radius 2 is 1.19 bits per heavy atom. The van der Waals surface area contributed by atoms with E-state index in [1.54, 1.807) is 13.8 Å². The van der Waals surface area contributed by atoms with E-state index in [9.17, 15) is 43.8 Å². The second kappa shape index (κ2) is 17.8. The highest BCUT2D eigenvalue weighted by molar-refractivity contribution is 5.97. The summed E-state index contributed by atoms with van der Waals surface area (Å²) in [6.07, 6.45) is 1.64. The minimum Gasteiger partial charge on any atom is -0.481 e. The Hall–Kier alpha value is -3.91. The monoisotopic (exact) mass is 598 g/mol. The normalized spacial score (nSPS) is 15.7. The second-order valence-electron chi connectivity index (χ2n) is 10.9. The van der Waals surface area contributed by atoms with Crippen LogP contribution in [0.2, 0.25) is 0 Å². The van der Waals surface area contributed by atoms with Gasteiger partial charge in [-0.25, -0.2) is 9.59 Å². The van der Waals surface area contributed by atoms with Crippen molar-refractivity contribution < 1.29 is 43.8 Å². The van der Waals surface area contributed by atoms with Gasteiger partial charge in [-0.15, -0.1) is 0 Å². The molecule has 238 valence electrons. The van der Waals surface area contributed by atoms with Crippen LogP contribution in [-0.2, 0) is 28.8 Å². The number of nitrogens with zero attached hydrogens (tertiary/aromatic N) is 1. The van der Waals surface area contributed by atoms with Crippen LogP contribution in [0.5, 0.6) is 0 Å². The molecule has 0 saturated carbocycles. The van der Waals surface area contributed by atoms with Crippen LogP contribution in [0.1, 0.15) is 79.6 Å². The number of amides is 6. The van der Waals surface area contributed by atoms with Crippen LogP contribution in [0.15, 0.2) is 0 Å². The van der Waals surface area contributed by atoms with Gasteiger partial charge in [-0.3, -0.25) is 24.0 Å². The third-order valence-corrected chi connectivity index (χ3v) is 6.87. The minimum atomic E-state index is -1.69. The first-order valence-corrected chi connectivity index (χ1v) is 14.4. The highest BCUT2D eigenvalue weighted by Crippen LogP contribution is 2.11. The van der Waals surface area contributed by atoms with E-state index in [1.165, 1.54) is 11.8 Å². The molecule has 0 unspecified atom stereocenters. The minimum absolute atomic E-state index is 0.0631. The van der Waals surface area contributed by atoms with Crippen LogP contribution >= 0.6 is 0 Å². The van der Waals surface area contributed by atoms with E-state index >= 15 is 0 Å². The summed E-state index contributed by atoms with van der Waals surface area (Å²) in [6.45, 7) is 9.63. The third kappa shape index (κ3) is 12.7. The highest BCUT2D eigenvalue weighted by Gasteiger charge is 2.34. The Balaban J connectivity index is 3.10. The largest absolute Gasteiger partial charge is 0.481 e. The van der Waals surface area contributed by atoms with Crippen molar-refractivity contribution >= 4 is 41.6 Å². The van der Waals surface area contributed by atoms with Crippen molar-refractivity contribution in [2.45, 2.75) is 110 Å². The third-order valence-electron chi connectivity index (χ3n) is 6.87. The van der Waals surface area contributed by atoms with E-state index in [4.69, 9.17) is 0 Å². The first-order valence-electron chi connectivity index (χ1n) is 14.4.